The second kappa shape index (κ2) is 13.8. The molecule has 0 saturated heterocycles. The van der Waals surface area contributed by atoms with Crippen LogP contribution in [0.2, 0.25) is 0 Å². The van der Waals surface area contributed by atoms with Gasteiger partial charge in [-0.25, -0.2) is 4.79 Å². The summed E-state index contributed by atoms with van der Waals surface area (Å²) in [7, 11) is 1.49. The van der Waals surface area contributed by atoms with E-state index >= 15 is 0 Å². The average molecular weight is 615 g/mol. The van der Waals surface area contributed by atoms with Gasteiger partial charge in [0.15, 0.2) is 0 Å². The van der Waals surface area contributed by atoms with Gasteiger partial charge in [0, 0.05) is 16.8 Å². The molecule has 5 aromatic rings. The number of phenols is 1. The van der Waals surface area contributed by atoms with Crippen molar-refractivity contribution in [2.75, 3.05) is 17.7 Å². The molecule has 0 saturated carbocycles. The minimum Gasteiger partial charge on any atom is -0.508 e. The molecule has 0 radical (unpaired) electrons. The molecule has 5 aromatic carbocycles. The third kappa shape index (κ3) is 7.42. The predicted octanol–water partition coefficient (Wildman–Crippen LogP) is 8.22. The highest BCUT2D eigenvalue weighted by Gasteiger charge is 2.17. The van der Waals surface area contributed by atoms with Crippen molar-refractivity contribution in [2.24, 2.45) is 0 Å². The lowest BCUT2D eigenvalue weighted by molar-refractivity contribution is 0.0733. The Balaban J connectivity index is 1.28. The number of hydrogen-bond donors (Lipinski definition) is 3. The van der Waals surface area contributed by atoms with Crippen molar-refractivity contribution < 1.29 is 29.0 Å². The molecule has 46 heavy (non-hydrogen) atoms. The van der Waals surface area contributed by atoms with Crippen molar-refractivity contribution in [3.8, 4) is 28.4 Å². The number of anilines is 2. The van der Waals surface area contributed by atoms with E-state index < -0.39 is 11.9 Å². The largest absolute Gasteiger partial charge is 0.508 e. The molecule has 0 bridgehead atoms. The summed E-state index contributed by atoms with van der Waals surface area (Å²) in [5, 5.41) is 15.3. The van der Waals surface area contributed by atoms with Crippen LogP contribution in [0.3, 0.4) is 0 Å². The second-order valence-electron chi connectivity index (χ2n) is 11.1. The fourth-order valence-corrected chi connectivity index (χ4v) is 4.91. The van der Waals surface area contributed by atoms with Crippen molar-refractivity contribution in [2.45, 2.75) is 26.7 Å². The third-order valence-electron chi connectivity index (χ3n) is 7.47. The van der Waals surface area contributed by atoms with Gasteiger partial charge in [-0.1, -0.05) is 50.2 Å². The van der Waals surface area contributed by atoms with Crippen LogP contribution in [0.4, 0.5) is 11.4 Å². The maximum Gasteiger partial charge on any atom is 0.343 e. The lowest BCUT2D eigenvalue weighted by Gasteiger charge is -2.14. The smallest absolute Gasteiger partial charge is 0.343 e. The molecular formula is C38H34N2O6. The van der Waals surface area contributed by atoms with Crippen molar-refractivity contribution in [1.82, 2.24) is 0 Å². The molecule has 8 heteroatoms. The highest BCUT2D eigenvalue weighted by Crippen LogP contribution is 2.30. The van der Waals surface area contributed by atoms with Crippen molar-refractivity contribution in [1.29, 1.82) is 0 Å². The first-order valence-corrected chi connectivity index (χ1v) is 14.7. The van der Waals surface area contributed by atoms with E-state index in [0.717, 1.165) is 16.7 Å². The van der Waals surface area contributed by atoms with Crippen molar-refractivity contribution in [3.05, 3.63) is 137 Å². The van der Waals surface area contributed by atoms with Crippen LogP contribution in [-0.2, 0) is 0 Å². The molecule has 0 aliphatic carbocycles. The topological polar surface area (TPSA) is 114 Å². The molecule has 0 atom stereocenters. The van der Waals surface area contributed by atoms with E-state index in [1.807, 2.05) is 24.3 Å². The van der Waals surface area contributed by atoms with Gasteiger partial charge in [0.25, 0.3) is 11.8 Å². The predicted molar refractivity (Wildman–Crippen MR) is 179 cm³/mol. The van der Waals surface area contributed by atoms with Gasteiger partial charge in [0.05, 0.1) is 18.4 Å². The standard InChI is InChI=1S/C38H34N2O6/c1-23(2)26-7-6-10-32(21-26)46-38(44)33-17-13-29(19-24(33)3)36(42)39-30-14-18-35(45-4)34(22-30)40-37(43)28-9-5-8-27(20-28)25-11-15-31(41)16-12-25/h5-23,41H,1-4H3,(H,39,42)(H,40,43). The SMILES string of the molecule is COc1ccc(NC(=O)c2ccc(C(=O)Oc3cccc(C(C)C)c3)c(C)c2)cc1NC(=O)c1cccc(-c2ccc(O)cc2)c1. The van der Waals surface area contributed by atoms with E-state index in [1.54, 1.807) is 91.9 Å². The summed E-state index contributed by atoms with van der Waals surface area (Å²) in [5.74, 6) is 0.0736. The summed E-state index contributed by atoms with van der Waals surface area (Å²) in [5.41, 5.74) is 5.26. The van der Waals surface area contributed by atoms with Gasteiger partial charge < -0.3 is 25.2 Å². The number of carbonyl (C=O) groups is 3. The quantitative estimate of drug-likeness (QED) is 0.114. The first-order valence-electron chi connectivity index (χ1n) is 14.7. The molecule has 0 aliphatic rings. The summed E-state index contributed by atoms with van der Waals surface area (Å²) in [6.07, 6.45) is 0. The Hall–Kier alpha value is -5.89. The fraction of sp³-hybridized carbons (Fsp3) is 0.132. The molecule has 8 nitrogen and oxygen atoms in total. The zero-order valence-electron chi connectivity index (χ0n) is 26.0. The number of methoxy groups -OCH3 is 1. The van der Waals surface area contributed by atoms with Crippen LogP contribution in [0.1, 0.15) is 62.0 Å². The summed E-state index contributed by atoms with van der Waals surface area (Å²) >= 11 is 0. The van der Waals surface area contributed by atoms with Crippen LogP contribution in [-0.4, -0.2) is 30.0 Å². The number of nitrogens with one attached hydrogen (secondary N) is 2. The summed E-state index contributed by atoms with van der Waals surface area (Å²) < 4.78 is 11.1. The number of rotatable bonds is 9. The molecule has 2 amide bonds. The normalized spacial score (nSPS) is 10.7. The van der Waals surface area contributed by atoms with E-state index in [1.165, 1.54) is 7.11 Å². The highest BCUT2D eigenvalue weighted by molar-refractivity contribution is 6.08. The zero-order valence-corrected chi connectivity index (χ0v) is 26.0. The van der Waals surface area contributed by atoms with Gasteiger partial charge in [-0.3, -0.25) is 9.59 Å². The van der Waals surface area contributed by atoms with Crippen LogP contribution in [0.25, 0.3) is 11.1 Å². The molecule has 0 heterocycles. The van der Waals surface area contributed by atoms with Crippen molar-refractivity contribution in [3.63, 3.8) is 0 Å². The van der Waals surface area contributed by atoms with Gasteiger partial charge in [0.2, 0.25) is 0 Å². The van der Waals surface area contributed by atoms with Crippen LogP contribution in [0, 0.1) is 6.92 Å². The van der Waals surface area contributed by atoms with Crippen LogP contribution >= 0.6 is 0 Å². The molecule has 0 unspecified atom stereocenters. The maximum atomic E-state index is 13.2. The molecular weight excluding hydrogens is 580 g/mol. The van der Waals surface area contributed by atoms with E-state index in [4.69, 9.17) is 9.47 Å². The molecule has 0 aliphatic heterocycles. The number of benzene rings is 5. The summed E-state index contributed by atoms with van der Waals surface area (Å²) in [6.45, 7) is 5.88. The van der Waals surface area contributed by atoms with Gasteiger partial charge in [-0.2, -0.15) is 0 Å². The highest BCUT2D eigenvalue weighted by atomic mass is 16.5. The minimum atomic E-state index is -0.505. The molecule has 0 fully saturated rings. The number of aromatic hydroxyl groups is 1. The Kier molecular flexibility index (Phi) is 9.47. The number of esters is 1. The Morgan fingerprint density at radius 3 is 2.15 bits per heavy atom. The molecule has 0 aromatic heterocycles. The van der Waals surface area contributed by atoms with E-state index in [-0.39, 0.29) is 11.7 Å². The number of amides is 2. The fourth-order valence-electron chi connectivity index (χ4n) is 4.91. The first kappa shape index (κ1) is 31.5. The minimum absolute atomic E-state index is 0.160. The molecule has 0 spiro atoms. The maximum absolute atomic E-state index is 13.2. The van der Waals surface area contributed by atoms with Gasteiger partial charge in [-0.15, -0.1) is 0 Å². The first-order chi connectivity index (χ1) is 22.1. The van der Waals surface area contributed by atoms with E-state index in [9.17, 15) is 19.5 Å². The van der Waals surface area contributed by atoms with Crippen LogP contribution < -0.4 is 20.1 Å². The Morgan fingerprint density at radius 1 is 0.717 bits per heavy atom. The molecule has 232 valence electrons. The number of hydrogen-bond acceptors (Lipinski definition) is 6. The monoisotopic (exact) mass is 614 g/mol. The number of ether oxygens (including phenoxy) is 2. The third-order valence-corrected chi connectivity index (χ3v) is 7.47. The van der Waals surface area contributed by atoms with Crippen LogP contribution in [0.5, 0.6) is 17.2 Å². The van der Waals surface area contributed by atoms with E-state index in [2.05, 4.69) is 24.5 Å². The number of aryl methyl sites for hydroxylation is 1. The Morgan fingerprint density at radius 2 is 1.43 bits per heavy atom. The summed E-state index contributed by atoms with van der Waals surface area (Å²) in [4.78, 5) is 39.3. The van der Waals surface area contributed by atoms with E-state index in [0.29, 0.717) is 51.0 Å². The van der Waals surface area contributed by atoms with Crippen molar-refractivity contribution >= 4 is 29.2 Å². The number of phenolic OH excluding ortho intramolecular Hbond substituents is 1. The molecule has 5 rings (SSSR count). The van der Waals surface area contributed by atoms with Gasteiger partial charge in [-0.05, 0) is 108 Å². The van der Waals surface area contributed by atoms with Crippen LogP contribution in [0.15, 0.2) is 109 Å². The average Bonchev–Trinajstić information content (AvgIpc) is 3.05. The molecule has 3 N–H and O–H groups in total. The zero-order chi connectivity index (χ0) is 32.8. The van der Waals surface area contributed by atoms with Gasteiger partial charge >= 0.3 is 5.97 Å². The Labute approximate surface area is 267 Å². The number of carbonyl (C=O) groups excluding carboxylic acids is 3. The Bertz CT molecular complexity index is 1910. The summed E-state index contributed by atoms with van der Waals surface area (Å²) in [6, 6.07) is 31.0. The van der Waals surface area contributed by atoms with Gasteiger partial charge in [0.1, 0.15) is 17.2 Å². The lowest BCUT2D eigenvalue weighted by atomic mass is 10.0. The second-order valence-corrected chi connectivity index (χ2v) is 11.1. The lowest BCUT2D eigenvalue weighted by Crippen LogP contribution is -2.16.